The Balaban J connectivity index is 2.71. The van der Waals surface area contributed by atoms with Gasteiger partial charge in [-0.2, -0.15) is 8.78 Å². The summed E-state index contributed by atoms with van der Waals surface area (Å²) in [5.41, 5.74) is 0.527. The third kappa shape index (κ3) is 3.94. The number of hydrogen-bond donors (Lipinski definition) is 2. The summed E-state index contributed by atoms with van der Waals surface area (Å²) in [6, 6.07) is 5.34. The molecule has 0 fully saturated rings. The van der Waals surface area contributed by atoms with Gasteiger partial charge in [-0.1, -0.05) is 12.1 Å². The van der Waals surface area contributed by atoms with Crippen LogP contribution in [0.25, 0.3) is 0 Å². The molecule has 0 aliphatic carbocycles. The number of halogens is 4. The standard InChI is InChI=1S/C12H12F4N2O2/c1-17-9(19)6-7-2-4-8(5-3-7)18-11(20)12(15,16)10(13)14/h2-5,10H,6H2,1H3,(H,17,19)(H,18,20). The lowest BCUT2D eigenvalue weighted by atomic mass is 10.1. The van der Waals surface area contributed by atoms with Crippen LogP contribution >= 0.6 is 0 Å². The van der Waals surface area contributed by atoms with Gasteiger partial charge >= 0.3 is 18.3 Å². The van der Waals surface area contributed by atoms with E-state index in [1.165, 1.54) is 31.3 Å². The van der Waals surface area contributed by atoms with Gasteiger partial charge in [0.25, 0.3) is 0 Å². The lowest BCUT2D eigenvalue weighted by Gasteiger charge is -2.14. The van der Waals surface area contributed by atoms with Crippen molar-refractivity contribution in [1.82, 2.24) is 5.32 Å². The van der Waals surface area contributed by atoms with E-state index in [9.17, 15) is 27.2 Å². The number of alkyl halides is 4. The maximum atomic E-state index is 12.7. The number of carbonyl (C=O) groups is 2. The van der Waals surface area contributed by atoms with Crippen LogP contribution in [0.4, 0.5) is 23.2 Å². The average Bonchev–Trinajstić information content (AvgIpc) is 2.40. The molecule has 0 heterocycles. The first-order chi connectivity index (χ1) is 9.27. The van der Waals surface area contributed by atoms with Gasteiger partial charge < -0.3 is 10.6 Å². The molecule has 0 spiro atoms. The minimum Gasteiger partial charge on any atom is -0.359 e. The van der Waals surface area contributed by atoms with E-state index in [4.69, 9.17) is 0 Å². The number of carbonyl (C=O) groups excluding carboxylic acids is 2. The Kier molecular flexibility index (Phi) is 5.06. The van der Waals surface area contributed by atoms with E-state index in [1.807, 2.05) is 0 Å². The molecule has 2 amide bonds. The predicted octanol–water partition coefficient (Wildman–Crippen LogP) is 1.81. The van der Waals surface area contributed by atoms with Crippen molar-refractivity contribution in [1.29, 1.82) is 0 Å². The third-order valence-electron chi connectivity index (χ3n) is 2.43. The Hall–Kier alpha value is -2.12. The number of nitrogens with one attached hydrogen (secondary N) is 2. The van der Waals surface area contributed by atoms with E-state index in [-0.39, 0.29) is 18.0 Å². The second-order valence-corrected chi connectivity index (χ2v) is 3.92. The summed E-state index contributed by atoms with van der Waals surface area (Å²) in [5.74, 6) is -7.07. The fraction of sp³-hybridized carbons (Fsp3) is 0.333. The first-order valence-electron chi connectivity index (χ1n) is 5.54. The van der Waals surface area contributed by atoms with Gasteiger partial charge in [-0.3, -0.25) is 9.59 Å². The van der Waals surface area contributed by atoms with E-state index >= 15 is 0 Å². The van der Waals surface area contributed by atoms with Crippen molar-refractivity contribution < 1.29 is 27.2 Å². The van der Waals surface area contributed by atoms with E-state index < -0.39 is 18.3 Å². The minimum absolute atomic E-state index is 0.0593. The summed E-state index contributed by atoms with van der Waals surface area (Å²) in [4.78, 5) is 22.1. The van der Waals surface area contributed by atoms with Crippen LogP contribution in [0.2, 0.25) is 0 Å². The van der Waals surface area contributed by atoms with Crippen molar-refractivity contribution in [3.63, 3.8) is 0 Å². The third-order valence-corrected chi connectivity index (χ3v) is 2.43. The van der Waals surface area contributed by atoms with Gasteiger partial charge in [0.1, 0.15) is 0 Å². The van der Waals surface area contributed by atoms with Crippen molar-refractivity contribution in [3.8, 4) is 0 Å². The zero-order chi connectivity index (χ0) is 15.3. The number of likely N-dealkylation sites (N-methyl/N-ethyl adjacent to an activating group) is 1. The van der Waals surface area contributed by atoms with Gasteiger partial charge in [0.05, 0.1) is 6.42 Å². The van der Waals surface area contributed by atoms with E-state index in [1.54, 1.807) is 5.32 Å². The molecule has 20 heavy (non-hydrogen) atoms. The molecule has 0 bridgehead atoms. The average molecular weight is 292 g/mol. The summed E-state index contributed by atoms with van der Waals surface area (Å²) >= 11 is 0. The molecule has 1 aromatic carbocycles. The number of amides is 2. The quantitative estimate of drug-likeness (QED) is 0.813. The second kappa shape index (κ2) is 6.36. The van der Waals surface area contributed by atoms with E-state index in [2.05, 4.69) is 5.32 Å². The summed E-state index contributed by atoms with van der Waals surface area (Å²) in [6.45, 7) is 0. The highest BCUT2D eigenvalue weighted by atomic mass is 19.3. The first kappa shape index (κ1) is 15.9. The van der Waals surface area contributed by atoms with Gasteiger partial charge in [-0.05, 0) is 17.7 Å². The number of anilines is 1. The molecule has 0 aliphatic rings. The van der Waals surface area contributed by atoms with E-state index in [0.717, 1.165) is 0 Å². The van der Waals surface area contributed by atoms with Crippen molar-refractivity contribution >= 4 is 17.5 Å². The minimum atomic E-state index is -4.75. The Morgan fingerprint density at radius 3 is 2.20 bits per heavy atom. The molecule has 0 unspecified atom stereocenters. The Morgan fingerprint density at radius 2 is 1.75 bits per heavy atom. The van der Waals surface area contributed by atoms with Crippen LogP contribution in [0.3, 0.4) is 0 Å². The zero-order valence-corrected chi connectivity index (χ0v) is 10.4. The molecule has 0 aromatic heterocycles. The first-order valence-corrected chi connectivity index (χ1v) is 5.54. The smallest absolute Gasteiger partial charge is 0.359 e. The monoisotopic (exact) mass is 292 g/mol. The van der Waals surface area contributed by atoms with Gasteiger partial charge in [-0.15, -0.1) is 0 Å². The van der Waals surface area contributed by atoms with Crippen molar-refractivity contribution in [2.75, 3.05) is 12.4 Å². The van der Waals surface area contributed by atoms with Gasteiger partial charge in [0.15, 0.2) is 0 Å². The second-order valence-electron chi connectivity index (χ2n) is 3.92. The summed E-state index contributed by atoms with van der Waals surface area (Å²) in [7, 11) is 1.46. The number of benzene rings is 1. The SMILES string of the molecule is CNC(=O)Cc1ccc(NC(=O)C(F)(F)C(F)F)cc1. The van der Waals surface area contributed by atoms with Gasteiger partial charge in [0.2, 0.25) is 5.91 Å². The Morgan fingerprint density at radius 1 is 1.20 bits per heavy atom. The van der Waals surface area contributed by atoms with Crippen LogP contribution in [0.5, 0.6) is 0 Å². The predicted molar refractivity (Wildman–Crippen MR) is 63.8 cm³/mol. The Labute approximate surface area is 112 Å². The molecule has 0 radical (unpaired) electrons. The maximum Gasteiger partial charge on any atom is 0.383 e. The molecule has 0 saturated heterocycles. The lowest BCUT2D eigenvalue weighted by molar-refractivity contribution is -0.163. The van der Waals surface area contributed by atoms with Crippen LogP contribution in [0.15, 0.2) is 24.3 Å². The van der Waals surface area contributed by atoms with Crippen LogP contribution < -0.4 is 10.6 Å². The van der Waals surface area contributed by atoms with Gasteiger partial charge in [0, 0.05) is 12.7 Å². The summed E-state index contributed by atoms with van der Waals surface area (Å²) in [6.07, 6.45) is -3.99. The number of hydrogen-bond acceptors (Lipinski definition) is 2. The molecule has 2 N–H and O–H groups in total. The summed E-state index contributed by atoms with van der Waals surface area (Å²) < 4.78 is 49.3. The molecular weight excluding hydrogens is 280 g/mol. The highest BCUT2D eigenvalue weighted by Crippen LogP contribution is 2.24. The van der Waals surface area contributed by atoms with Crippen LogP contribution in [-0.2, 0) is 16.0 Å². The molecular formula is C12H12F4N2O2. The molecule has 1 rings (SSSR count). The highest BCUT2D eigenvalue weighted by molar-refractivity contribution is 5.96. The number of rotatable bonds is 5. The fourth-order valence-corrected chi connectivity index (χ4v) is 1.29. The maximum absolute atomic E-state index is 12.7. The van der Waals surface area contributed by atoms with Crippen molar-refractivity contribution in [3.05, 3.63) is 29.8 Å². The molecule has 110 valence electrons. The van der Waals surface area contributed by atoms with Crippen LogP contribution in [0, 0.1) is 0 Å². The van der Waals surface area contributed by atoms with Crippen LogP contribution in [0.1, 0.15) is 5.56 Å². The Bertz CT molecular complexity index is 489. The molecule has 4 nitrogen and oxygen atoms in total. The van der Waals surface area contributed by atoms with Gasteiger partial charge in [-0.25, -0.2) is 8.78 Å². The van der Waals surface area contributed by atoms with Crippen molar-refractivity contribution in [2.45, 2.75) is 18.8 Å². The van der Waals surface area contributed by atoms with E-state index in [0.29, 0.717) is 5.56 Å². The largest absolute Gasteiger partial charge is 0.383 e. The lowest BCUT2D eigenvalue weighted by Crippen LogP contribution is -2.40. The molecule has 0 atom stereocenters. The molecule has 0 aliphatic heterocycles. The highest BCUT2D eigenvalue weighted by Gasteiger charge is 2.48. The molecule has 8 heteroatoms. The molecule has 1 aromatic rings. The topological polar surface area (TPSA) is 58.2 Å². The fourth-order valence-electron chi connectivity index (χ4n) is 1.29. The normalized spacial score (nSPS) is 11.3. The van der Waals surface area contributed by atoms with Crippen molar-refractivity contribution in [2.24, 2.45) is 0 Å². The zero-order valence-electron chi connectivity index (χ0n) is 10.4. The summed E-state index contributed by atoms with van der Waals surface area (Å²) in [5, 5.41) is 4.09. The molecule has 0 saturated carbocycles. The van der Waals surface area contributed by atoms with Crippen LogP contribution in [-0.4, -0.2) is 31.2 Å².